The molecule has 0 saturated carbocycles. The van der Waals surface area contributed by atoms with E-state index in [-0.39, 0.29) is 4.90 Å². The smallest absolute Gasteiger partial charge is 0.328 e. The van der Waals surface area contributed by atoms with Gasteiger partial charge in [-0.1, -0.05) is 13.3 Å². The van der Waals surface area contributed by atoms with Gasteiger partial charge >= 0.3 is 6.03 Å². The predicted molar refractivity (Wildman–Crippen MR) is 79.0 cm³/mol. The van der Waals surface area contributed by atoms with E-state index < -0.39 is 16.1 Å². The Morgan fingerprint density at radius 3 is 2.55 bits per heavy atom. The maximum absolute atomic E-state index is 12.2. The van der Waals surface area contributed by atoms with Gasteiger partial charge in [-0.2, -0.15) is 0 Å². The second-order valence-electron chi connectivity index (χ2n) is 4.69. The van der Waals surface area contributed by atoms with E-state index in [1.165, 1.54) is 6.07 Å². The van der Waals surface area contributed by atoms with Gasteiger partial charge in [0, 0.05) is 12.2 Å². The number of benzene rings is 1. The number of unbranched alkanes of at least 4 members (excludes halogenated alkanes) is 1. The van der Waals surface area contributed by atoms with Crippen molar-refractivity contribution in [2.45, 2.75) is 38.5 Å². The Hall–Kier alpha value is -1.76. The average Bonchev–Trinajstić information content (AvgIpc) is 2.33. The summed E-state index contributed by atoms with van der Waals surface area (Å²) in [6.45, 7) is 5.77. The van der Waals surface area contributed by atoms with E-state index >= 15 is 0 Å². The van der Waals surface area contributed by atoms with E-state index in [1.54, 1.807) is 19.9 Å². The molecule has 0 spiro atoms. The predicted octanol–water partition coefficient (Wildman–Crippen LogP) is 1.67. The zero-order valence-corrected chi connectivity index (χ0v) is 12.8. The molecule has 0 saturated heterocycles. The third-order valence-electron chi connectivity index (χ3n) is 2.88. The van der Waals surface area contributed by atoms with Crippen molar-refractivity contribution in [1.29, 1.82) is 0 Å². The minimum Gasteiger partial charge on any atom is -0.398 e. The number of anilines is 1. The maximum atomic E-state index is 12.2. The highest BCUT2D eigenvalue weighted by molar-refractivity contribution is 7.90. The molecular formula is C13H21N3O3S. The summed E-state index contributed by atoms with van der Waals surface area (Å²) in [5.41, 5.74) is 7.30. The molecular weight excluding hydrogens is 278 g/mol. The molecule has 0 aliphatic heterocycles. The van der Waals surface area contributed by atoms with Gasteiger partial charge in [-0.15, -0.1) is 0 Å². The molecule has 1 rings (SSSR count). The van der Waals surface area contributed by atoms with Crippen molar-refractivity contribution in [2.24, 2.45) is 0 Å². The minimum absolute atomic E-state index is 0.0284. The standard InChI is InChI=1S/C13H21N3O3S/c1-4-5-6-15-13(17)16-20(18,19)12-8-9(2)7-11(14)10(12)3/h7-8H,4-6,14H2,1-3H3,(H2,15,16,17). The molecule has 0 unspecified atom stereocenters. The van der Waals surface area contributed by atoms with Crippen LogP contribution < -0.4 is 15.8 Å². The zero-order chi connectivity index (χ0) is 15.3. The molecule has 1 aromatic rings. The van der Waals surface area contributed by atoms with Gasteiger partial charge in [0.15, 0.2) is 0 Å². The Morgan fingerprint density at radius 1 is 1.30 bits per heavy atom. The number of carbonyl (C=O) groups is 1. The van der Waals surface area contributed by atoms with Crippen LogP contribution in [-0.2, 0) is 10.0 Å². The first-order valence-corrected chi connectivity index (χ1v) is 7.93. The first kappa shape index (κ1) is 16.3. The molecule has 0 aromatic heterocycles. The lowest BCUT2D eigenvalue weighted by atomic mass is 10.1. The molecule has 4 N–H and O–H groups in total. The van der Waals surface area contributed by atoms with Gasteiger partial charge in [0.2, 0.25) is 0 Å². The second-order valence-corrected chi connectivity index (χ2v) is 6.34. The lowest BCUT2D eigenvalue weighted by Gasteiger charge is -2.12. The van der Waals surface area contributed by atoms with Crippen molar-refractivity contribution in [3.63, 3.8) is 0 Å². The molecule has 0 atom stereocenters. The van der Waals surface area contributed by atoms with E-state index in [0.29, 0.717) is 17.8 Å². The quantitative estimate of drug-likeness (QED) is 0.568. The van der Waals surface area contributed by atoms with Gasteiger partial charge in [-0.05, 0) is 43.5 Å². The summed E-state index contributed by atoms with van der Waals surface area (Å²) >= 11 is 0. The molecule has 1 aromatic carbocycles. The van der Waals surface area contributed by atoms with Gasteiger partial charge in [0.25, 0.3) is 10.0 Å². The largest absolute Gasteiger partial charge is 0.398 e. The average molecular weight is 299 g/mol. The van der Waals surface area contributed by atoms with Crippen LogP contribution in [0.4, 0.5) is 10.5 Å². The zero-order valence-electron chi connectivity index (χ0n) is 12.0. The Morgan fingerprint density at radius 2 is 1.95 bits per heavy atom. The number of urea groups is 1. The van der Waals surface area contributed by atoms with Crippen LogP contribution in [0.3, 0.4) is 0 Å². The monoisotopic (exact) mass is 299 g/mol. The van der Waals surface area contributed by atoms with Crippen LogP contribution >= 0.6 is 0 Å². The first-order chi connectivity index (χ1) is 9.27. The number of nitrogens with one attached hydrogen (secondary N) is 2. The summed E-state index contributed by atoms with van der Waals surface area (Å²) in [6, 6.07) is 2.46. The second kappa shape index (κ2) is 6.60. The fourth-order valence-corrected chi connectivity index (χ4v) is 3.01. The highest BCUT2D eigenvalue weighted by atomic mass is 32.2. The maximum Gasteiger partial charge on any atom is 0.328 e. The third kappa shape index (κ3) is 4.12. The van der Waals surface area contributed by atoms with Crippen LogP contribution in [0.15, 0.2) is 17.0 Å². The summed E-state index contributed by atoms with van der Waals surface area (Å²) in [7, 11) is -3.91. The number of nitrogens with two attached hydrogens (primary N) is 1. The number of rotatable bonds is 5. The van der Waals surface area contributed by atoms with Crippen LogP contribution in [0.5, 0.6) is 0 Å². The molecule has 0 heterocycles. The molecule has 0 radical (unpaired) electrons. The molecule has 2 amide bonds. The number of nitrogen functional groups attached to an aromatic ring is 1. The van der Waals surface area contributed by atoms with Gasteiger partial charge in [0.05, 0.1) is 4.90 Å². The van der Waals surface area contributed by atoms with Crippen molar-refractivity contribution < 1.29 is 13.2 Å². The number of amides is 2. The molecule has 6 nitrogen and oxygen atoms in total. The lowest BCUT2D eigenvalue weighted by molar-refractivity contribution is 0.245. The fourth-order valence-electron chi connectivity index (χ4n) is 1.72. The highest BCUT2D eigenvalue weighted by Crippen LogP contribution is 2.22. The molecule has 0 aliphatic rings. The van der Waals surface area contributed by atoms with E-state index in [4.69, 9.17) is 5.73 Å². The van der Waals surface area contributed by atoms with Crippen molar-refractivity contribution in [2.75, 3.05) is 12.3 Å². The minimum atomic E-state index is -3.91. The van der Waals surface area contributed by atoms with Crippen LogP contribution in [-0.4, -0.2) is 21.0 Å². The molecule has 112 valence electrons. The fraction of sp³-hybridized carbons (Fsp3) is 0.462. The third-order valence-corrected chi connectivity index (χ3v) is 4.33. The van der Waals surface area contributed by atoms with Crippen molar-refractivity contribution in [3.8, 4) is 0 Å². The van der Waals surface area contributed by atoms with Crippen LogP contribution in [0, 0.1) is 13.8 Å². The molecule has 0 aliphatic carbocycles. The highest BCUT2D eigenvalue weighted by Gasteiger charge is 2.21. The topological polar surface area (TPSA) is 101 Å². The summed E-state index contributed by atoms with van der Waals surface area (Å²) < 4.78 is 26.3. The first-order valence-electron chi connectivity index (χ1n) is 6.45. The van der Waals surface area contributed by atoms with E-state index in [1.807, 2.05) is 11.6 Å². The molecule has 7 heteroatoms. The van der Waals surface area contributed by atoms with Gasteiger partial charge in [-0.3, -0.25) is 0 Å². The van der Waals surface area contributed by atoms with Crippen molar-refractivity contribution in [3.05, 3.63) is 23.3 Å². The number of aryl methyl sites for hydroxylation is 1. The van der Waals surface area contributed by atoms with E-state index in [2.05, 4.69) is 5.32 Å². The summed E-state index contributed by atoms with van der Waals surface area (Å²) in [4.78, 5) is 11.6. The Kier molecular flexibility index (Phi) is 5.38. The van der Waals surface area contributed by atoms with Crippen LogP contribution in [0.1, 0.15) is 30.9 Å². The Bertz CT molecular complexity index is 597. The van der Waals surface area contributed by atoms with E-state index in [0.717, 1.165) is 18.4 Å². The SMILES string of the molecule is CCCCNC(=O)NS(=O)(=O)c1cc(C)cc(N)c1C. The Balaban J connectivity index is 2.92. The van der Waals surface area contributed by atoms with E-state index in [9.17, 15) is 13.2 Å². The van der Waals surface area contributed by atoms with Crippen LogP contribution in [0.25, 0.3) is 0 Å². The summed E-state index contributed by atoms with van der Waals surface area (Å²) in [5.74, 6) is 0. The molecule has 0 fully saturated rings. The van der Waals surface area contributed by atoms with Gasteiger partial charge in [-0.25, -0.2) is 17.9 Å². The summed E-state index contributed by atoms with van der Waals surface area (Å²) in [5, 5.41) is 2.50. The summed E-state index contributed by atoms with van der Waals surface area (Å²) in [6.07, 6.45) is 1.71. The van der Waals surface area contributed by atoms with Gasteiger partial charge in [0.1, 0.15) is 0 Å². The number of hydrogen-bond donors (Lipinski definition) is 3. The molecule has 0 bridgehead atoms. The van der Waals surface area contributed by atoms with Gasteiger partial charge < -0.3 is 11.1 Å². The van der Waals surface area contributed by atoms with Crippen LogP contribution in [0.2, 0.25) is 0 Å². The number of carbonyl (C=O) groups excluding carboxylic acids is 1. The van der Waals surface area contributed by atoms with Crippen molar-refractivity contribution >= 4 is 21.7 Å². The lowest BCUT2D eigenvalue weighted by Crippen LogP contribution is -2.40. The van der Waals surface area contributed by atoms with Crippen molar-refractivity contribution in [1.82, 2.24) is 10.0 Å². The number of hydrogen-bond acceptors (Lipinski definition) is 4. The number of sulfonamides is 1. The normalized spacial score (nSPS) is 11.2. The molecule has 20 heavy (non-hydrogen) atoms. The Labute approximate surface area is 119 Å².